The lowest BCUT2D eigenvalue weighted by atomic mass is 10.1. The van der Waals surface area contributed by atoms with Crippen molar-refractivity contribution in [3.63, 3.8) is 0 Å². The molecule has 1 atom stereocenters. The van der Waals surface area contributed by atoms with Crippen LogP contribution in [0.25, 0.3) is 0 Å². The maximum Gasteiger partial charge on any atom is 0.322 e. The van der Waals surface area contributed by atoms with E-state index in [9.17, 15) is 18.3 Å². The molecule has 0 saturated carbocycles. The summed E-state index contributed by atoms with van der Waals surface area (Å²) in [6, 6.07) is -0.989. The minimum absolute atomic E-state index is 0.137. The molecule has 1 unspecified atom stereocenters. The highest BCUT2D eigenvalue weighted by Crippen LogP contribution is 2.28. The van der Waals surface area contributed by atoms with Crippen LogP contribution < -0.4 is 0 Å². The summed E-state index contributed by atoms with van der Waals surface area (Å²) in [6.07, 6.45) is 2.61. The van der Waals surface area contributed by atoms with E-state index in [1.54, 1.807) is 20.9 Å². The van der Waals surface area contributed by atoms with Gasteiger partial charge < -0.3 is 5.11 Å². The summed E-state index contributed by atoms with van der Waals surface area (Å²) in [5, 5.41) is 13.5. The van der Waals surface area contributed by atoms with Crippen LogP contribution in [0, 0.1) is 13.8 Å². The highest BCUT2D eigenvalue weighted by atomic mass is 32.2. The van der Waals surface area contributed by atoms with Crippen LogP contribution >= 0.6 is 0 Å². The Labute approximate surface area is 124 Å². The summed E-state index contributed by atoms with van der Waals surface area (Å²) >= 11 is 0. The Kier molecular flexibility index (Phi) is 4.38. The van der Waals surface area contributed by atoms with E-state index < -0.39 is 22.0 Å². The Morgan fingerprint density at radius 3 is 2.48 bits per heavy atom. The molecule has 1 aromatic heterocycles. The second kappa shape index (κ2) is 5.76. The number of hydrogen-bond donors (Lipinski definition) is 1. The summed E-state index contributed by atoms with van der Waals surface area (Å²) in [5.74, 6) is -1.08. The number of aliphatic carboxylic acids is 1. The summed E-state index contributed by atoms with van der Waals surface area (Å²) in [4.78, 5) is 11.6. The maximum atomic E-state index is 12.9. The van der Waals surface area contributed by atoms with Gasteiger partial charge in [-0.2, -0.15) is 9.40 Å². The van der Waals surface area contributed by atoms with Crippen LogP contribution in [-0.2, 0) is 21.9 Å². The van der Waals surface area contributed by atoms with Crippen molar-refractivity contribution >= 4 is 16.0 Å². The van der Waals surface area contributed by atoms with E-state index in [1.165, 1.54) is 4.68 Å². The van der Waals surface area contributed by atoms with Crippen LogP contribution in [0.2, 0.25) is 0 Å². The first-order valence-electron chi connectivity index (χ1n) is 7.01. The number of aromatic nitrogens is 2. The standard InChI is InChI=1S/C13H21N3O4S/c1-9-12(10(2)15(3)14-9)21(19,20)16-8-6-4-5-7-11(16)13(17)18/h11H,4-8H2,1-3H3,(H,17,18). The van der Waals surface area contributed by atoms with E-state index >= 15 is 0 Å². The first kappa shape index (κ1) is 16.0. The molecule has 0 amide bonds. The topological polar surface area (TPSA) is 92.5 Å². The molecule has 1 saturated heterocycles. The second-order valence-corrected chi connectivity index (χ2v) is 7.27. The molecule has 2 heterocycles. The number of hydrogen-bond acceptors (Lipinski definition) is 4. The van der Waals surface area contributed by atoms with Crippen molar-refractivity contribution in [2.75, 3.05) is 6.54 Å². The highest BCUT2D eigenvalue weighted by molar-refractivity contribution is 7.89. The molecule has 21 heavy (non-hydrogen) atoms. The van der Waals surface area contributed by atoms with Crippen molar-refractivity contribution in [3.05, 3.63) is 11.4 Å². The smallest absolute Gasteiger partial charge is 0.322 e. The third-order valence-electron chi connectivity index (χ3n) is 4.00. The van der Waals surface area contributed by atoms with Gasteiger partial charge in [-0.3, -0.25) is 9.48 Å². The molecule has 1 aliphatic heterocycles. The summed E-state index contributed by atoms with van der Waals surface area (Å²) in [7, 11) is -2.17. The van der Waals surface area contributed by atoms with Crippen LogP contribution in [0.4, 0.5) is 0 Å². The molecule has 1 N–H and O–H groups in total. The Morgan fingerprint density at radius 1 is 1.29 bits per heavy atom. The summed E-state index contributed by atoms with van der Waals surface area (Å²) in [5.41, 5.74) is 0.935. The van der Waals surface area contributed by atoms with Crippen molar-refractivity contribution in [2.45, 2.75) is 50.5 Å². The van der Waals surface area contributed by atoms with Crippen molar-refractivity contribution in [1.82, 2.24) is 14.1 Å². The molecule has 1 fully saturated rings. The summed E-state index contributed by atoms with van der Waals surface area (Å²) in [6.45, 7) is 3.56. The number of aryl methyl sites for hydroxylation is 2. The van der Waals surface area contributed by atoms with Gasteiger partial charge in [-0.15, -0.1) is 0 Å². The average molecular weight is 315 g/mol. The third-order valence-corrected chi connectivity index (χ3v) is 6.16. The zero-order valence-corrected chi connectivity index (χ0v) is 13.4. The number of rotatable bonds is 3. The van der Waals surface area contributed by atoms with Gasteiger partial charge in [-0.05, 0) is 26.7 Å². The lowest BCUT2D eigenvalue weighted by Crippen LogP contribution is -2.44. The fourth-order valence-corrected chi connectivity index (χ4v) is 4.92. The Bertz CT molecular complexity index is 651. The molecule has 1 aromatic rings. The first-order valence-corrected chi connectivity index (χ1v) is 8.45. The van der Waals surface area contributed by atoms with Gasteiger partial charge in [0.25, 0.3) is 0 Å². The number of carboxylic acid groups (broad SMARTS) is 1. The van der Waals surface area contributed by atoms with Gasteiger partial charge in [-0.25, -0.2) is 8.42 Å². The lowest BCUT2D eigenvalue weighted by Gasteiger charge is -2.26. The Hall–Kier alpha value is -1.41. The minimum Gasteiger partial charge on any atom is -0.480 e. The largest absolute Gasteiger partial charge is 0.480 e. The second-order valence-electron chi connectivity index (χ2n) is 5.44. The van der Waals surface area contributed by atoms with Gasteiger partial charge in [0.05, 0.1) is 11.4 Å². The zero-order chi connectivity index (χ0) is 15.8. The molecule has 0 aromatic carbocycles. The predicted octanol–water partition coefficient (Wildman–Crippen LogP) is 1.05. The van der Waals surface area contributed by atoms with Gasteiger partial charge >= 0.3 is 5.97 Å². The molecule has 1 aliphatic rings. The molecule has 7 nitrogen and oxygen atoms in total. The number of sulfonamides is 1. The zero-order valence-electron chi connectivity index (χ0n) is 12.5. The minimum atomic E-state index is -3.85. The van der Waals surface area contributed by atoms with Crippen LogP contribution in [0.1, 0.15) is 37.1 Å². The Morgan fingerprint density at radius 2 is 1.95 bits per heavy atom. The van der Waals surface area contributed by atoms with Gasteiger partial charge in [-0.1, -0.05) is 12.8 Å². The Balaban J connectivity index is 2.52. The van der Waals surface area contributed by atoms with Crippen LogP contribution in [0.5, 0.6) is 0 Å². The van der Waals surface area contributed by atoms with E-state index in [0.29, 0.717) is 24.2 Å². The van der Waals surface area contributed by atoms with Crippen molar-refractivity contribution in [3.8, 4) is 0 Å². The number of carboxylic acids is 1. The maximum absolute atomic E-state index is 12.9. The normalized spacial score (nSPS) is 21.2. The average Bonchev–Trinajstić information content (AvgIpc) is 2.59. The monoisotopic (exact) mass is 315 g/mol. The highest BCUT2D eigenvalue weighted by Gasteiger charge is 2.39. The molecule has 0 radical (unpaired) electrons. The molecule has 0 bridgehead atoms. The van der Waals surface area contributed by atoms with Gasteiger partial charge in [0.2, 0.25) is 10.0 Å². The van der Waals surface area contributed by atoms with Crippen molar-refractivity contribution in [1.29, 1.82) is 0 Å². The lowest BCUT2D eigenvalue weighted by molar-refractivity contribution is -0.141. The van der Waals surface area contributed by atoms with Gasteiger partial charge in [0.15, 0.2) is 0 Å². The van der Waals surface area contributed by atoms with Crippen LogP contribution in [0.3, 0.4) is 0 Å². The molecule has 0 spiro atoms. The summed E-state index contributed by atoms with van der Waals surface area (Å²) < 4.78 is 28.5. The van der Waals surface area contributed by atoms with Crippen LogP contribution in [-0.4, -0.2) is 46.2 Å². The molecule has 0 aliphatic carbocycles. The third kappa shape index (κ3) is 2.82. The molecule has 2 rings (SSSR count). The van der Waals surface area contributed by atoms with Crippen molar-refractivity contribution < 1.29 is 18.3 Å². The fraction of sp³-hybridized carbons (Fsp3) is 0.692. The van der Waals surface area contributed by atoms with Gasteiger partial charge in [0.1, 0.15) is 10.9 Å². The van der Waals surface area contributed by atoms with E-state index in [2.05, 4.69) is 5.10 Å². The molecular formula is C13H21N3O4S. The SMILES string of the molecule is Cc1nn(C)c(C)c1S(=O)(=O)N1CCCCCC1C(=O)O. The van der Waals surface area contributed by atoms with Gasteiger partial charge in [0, 0.05) is 13.6 Å². The fourth-order valence-electron chi connectivity index (χ4n) is 2.86. The molecule has 8 heteroatoms. The first-order chi connectivity index (χ1) is 9.76. The molecule has 118 valence electrons. The van der Waals surface area contributed by atoms with E-state index in [4.69, 9.17) is 0 Å². The molecular weight excluding hydrogens is 294 g/mol. The quantitative estimate of drug-likeness (QED) is 0.900. The van der Waals surface area contributed by atoms with Crippen LogP contribution in [0.15, 0.2) is 4.90 Å². The van der Waals surface area contributed by atoms with Crippen molar-refractivity contribution in [2.24, 2.45) is 7.05 Å². The number of nitrogens with zero attached hydrogens (tertiary/aromatic N) is 3. The van der Waals surface area contributed by atoms with E-state index in [0.717, 1.165) is 17.1 Å². The predicted molar refractivity (Wildman–Crippen MR) is 76.5 cm³/mol. The number of carbonyl (C=O) groups is 1. The van der Waals surface area contributed by atoms with E-state index in [-0.39, 0.29) is 11.4 Å². The van der Waals surface area contributed by atoms with E-state index in [1.807, 2.05) is 0 Å².